The minimum absolute atomic E-state index is 0.160. The van der Waals surface area contributed by atoms with Crippen LogP contribution in [0.3, 0.4) is 0 Å². The highest BCUT2D eigenvalue weighted by molar-refractivity contribution is 6.37. The molecule has 2 N–H and O–H groups in total. The highest BCUT2D eigenvalue weighted by atomic mass is 35.5. The normalized spacial score (nSPS) is 10.9. The Kier molecular flexibility index (Phi) is 6.36. The summed E-state index contributed by atoms with van der Waals surface area (Å²) in [6.45, 7) is 0. The van der Waals surface area contributed by atoms with E-state index in [0.29, 0.717) is 26.4 Å². The maximum atomic E-state index is 12.2. The molecule has 0 atom stereocenters. The van der Waals surface area contributed by atoms with Crippen molar-refractivity contribution in [3.8, 4) is 6.07 Å². The minimum Gasteiger partial charge on any atom is -0.359 e. The van der Waals surface area contributed by atoms with E-state index in [4.69, 9.17) is 51.7 Å². The van der Waals surface area contributed by atoms with Crippen LogP contribution in [-0.4, -0.2) is 5.91 Å². The number of nitrogens with zero attached hydrogens (tertiary/aromatic N) is 1. The number of nitrogens with one attached hydrogen (secondary N) is 2. The van der Waals surface area contributed by atoms with Crippen LogP contribution in [0, 0.1) is 11.3 Å². The summed E-state index contributed by atoms with van der Waals surface area (Å²) >= 11 is 23.6. The molecule has 0 heterocycles. The van der Waals surface area contributed by atoms with Gasteiger partial charge in [0.2, 0.25) is 0 Å². The lowest BCUT2D eigenvalue weighted by atomic mass is 10.2. The van der Waals surface area contributed by atoms with E-state index in [2.05, 4.69) is 10.6 Å². The van der Waals surface area contributed by atoms with Gasteiger partial charge in [-0.25, -0.2) is 0 Å². The lowest BCUT2D eigenvalue weighted by Gasteiger charge is -2.08. The second kappa shape index (κ2) is 8.27. The first-order valence-corrected chi connectivity index (χ1v) is 8.00. The maximum absolute atomic E-state index is 12.2. The number of hydrogen-bond acceptors (Lipinski definition) is 3. The van der Waals surface area contributed by atoms with Crippen LogP contribution >= 0.6 is 46.4 Å². The van der Waals surface area contributed by atoms with Crippen LogP contribution in [0.2, 0.25) is 20.1 Å². The quantitative estimate of drug-likeness (QED) is 0.506. The van der Waals surface area contributed by atoms with Gasteiger partial charge >= 0.3 is 0 Å². The summed E-state index contributed by atoms with van der Waals surface area (Å²) in [5.74, 6) is -0.626. The van der Waals surface area contributed by atoms with E-state index in [1.54, 1.807) is 36.4 Å². The standard InChI is InChI=1S/C16H9Cl4N3O/c17-10-1-3-14(12(19)5-10)22-8-9(7-21)16(24)23-15-4-2-11(18)6-13(15)20/h1-6,8,22H,(H,23,24)/b9-8-. The third-order valence-corrected chi connectivity index (χ3v) is 3.94. The summed E-state index contributed by atoms with van der Waals surface area (Å²) in [5, 5.41) is 16.0. The van der Waals surface area contributed by atoms with Crippen molar-refractivity contribution >= 4 is 63.7 Å². The predicted molar refractivity (Wildman–Crippen MR) is 98.9 cm³/mol. The lowest BCUT2D eigenvalue weighted by molar-refractivity contribution is -0.112. The Morgan fingerprint density at radius 3 is 2.00 bits per heavy atom. The van der Waals surface area contributed by atoms with E-state index in [-0.39, 0.29) is 10.6 Å². The van der Waals surface area contributed by atoms with Gasteiger partial charge in [-0.05, 0) is 36.4 Å². The Hall–Kier alpha value is -1.90. The second-order valence-corrected chi connectivity index (χ2v) is 6.20. The van der Waals surface area contributed by atoms with Crippen molar-refractivity contribution in [3.63, 3.8) is 0 Å². The molecular weight excluding hydrogens is 392 g/mol. The third kappa shape index (κ3) is 4.80. The van der Waals surface area contributed by atoms with Crippen LogP contribution < -0.4 is 10.6 Å². The zero-order valence-corrected chi connectivity index (χ0v) is 14.9. The highest BCUT2D eigenvalue weighted by Gasteiger charge is 2.12. The molecule has 0 radical (unpaired) electrons. The molecule has 0 aliphatic carbocycles. The van der Waals surface area contributed by atoms with E-state index in [0.717, 1.165) is 0 Å². The summed E-state index contributed by atoms with van der Waals surface area (Å²) in [4.78, 5) is 12.2. The second-order valence-electron chi connectivity index (χ2n) is 4.52. The SMILES string of the molecule is N#C/C(=C/Nc1ccc(Cl)cc1Cl)C(=O)Nc1ccc(Cl)cc1Cl. The van der Waals surface area contributed by atoms with Crippen molar-refractivity contribution in [1.82, 2.24) is 0 Å². The van der Waals surface area contributed by atoms with Crippen LogP contribution in [0.5, 0.6) is 0 Å². The summed E-state index contributed by atoms with van der Waals surface area (Å²) in [6.07, 6.45) is 1.24. The average molecular weight is 401 g/mol. The molecule has 0 aliphatic rings. The molecular formula is C16H9Cl4N3O. The molecule has 0 bridgehead atoms. The first-order valence-electron chi connectivity index (χ1n) is 6.49. The van der Waals surface area contributed by atoms with Gasteiger partial charge in [-0.2, -0.15) is 5.26 Å². The average Bonchev–Trinajstić information content (AvgIpc) is 2.52. The van der Waals surface area contributed by atoms with Crippen LogP contribution in [-0.2, 0) is 4.79 Å². The van der Waals surface area contributed by atoms with Gasteiger partial charge < -0.3 is 10.6 Å². The van der Waals surface area contributed by atoms with Gasteiger partial charge in [-0.3, -0.25) is 4.79 Å². The molecule has 0 spiro atoms. The van der Waals surface area contributed by atoms with Gasteiger partial charge in [0.25, 0.3) is 5.91 Å². The van der Waals surface area contributed by atoms with Crippen molar-refractivity contribution in [2.75, 3.05) is 10.6 Å². The number of benzene rings is 2. The summed E-state index contributed by atoms with van der Waals surface area (Å²) in [7, 11) is 0. The first kappa shape index (κ1) is 18.4. The fourth-order valence-corrected chi connectivity index (χ4v) is 2.60. The molecule has 0 aliphatic heterocycles. The van der Waals surface area contributed by atoms with Crippen molar-refractivity contribution in [2.24, 2.45) is 0 Å². The zero-order valence-electron chi connectivity index (χ0n) is 11.9. The van der Waals surface area contributed by atoms with E-state index in [1.807, 2.05) is 0 Å². The van der Waals surface area contributed by atoms with Gasteiger partial charge in [0, 0.05) is 16.2 Å². The molecule has 0 fully saturated rings. The molecule has 0 aromatic heterocycles. The van der Waals surface area contributed by atoms with E-state index >= 15 is 0 Å². The van der Waals surface area contributed by atoms with Crippen LogP contribution in [0.15, 0.2) is 48.2 Å². The summed E-state index contributed by atoms with van der Waals surface area (Å²) < 4.78 is 0. The van der Waals surface area contributed by atoms with Crippen molar-refractivity contribution in [1.29, 1.82) is 5.26 Å². The smallest absolute Gasteiger partial charge is 0.267 e. The third-order valence-electron chi connectivity index (χ3n) is 2.85. The number of anilines is 2. The molecule has 0 unspecified atom stereocenters. The fraction of sp³-hybridized carbons (Fsp3) is 0. The van der Waals surface area contributed by atoms with Crippen LogP contribution in [0.1, 0.15) is 0 Å². The van der Waals surface area contributed by atoms with E-state index in [9.17, 15) is 4.79 Å². The van der Waals surface area contributed by atoms with Gasteiger partial charge in [-0.15, -0.1) is 0 Å². The Morgan fingerprint density at radius 2 is 1.50 bits per heavy atom. The molecule has 0 saturated carbocycles. The Morgan fingerprint density at radius 1 is 0.958 bits per heavy atom. The topological polar surface area (TPSA) is 64.9 Å². The molecule has 2 rings (SSSR count). The van der Waals surface area contributed by atoms with Crippen molar-refractivity contribution < 1.29 is 4.79 Å². The Labute approximate surface area is 158 Å². The predicted octanol–water partition coefficient (Wildman–Crippen LogP) is 5.76. The molecule has 2 aromatic carbocycles. The molecule has 0 saturated heterocycles. The number of halogens is 4. The molecule has 122 valence electrons. The summed E-state index contributed by atoms with van der Waals surface area (Å²) in [6, 6.07) is 11.2. The monoisotopic (exact) mass is 399 g/mol. The fourth-order valence-electron chi connectivity index (χ4n) is 1.69. The minimum atomic E-state index is -0.626. The molecule has 4 nitrogen and oxygen atoms in total. The number of nitriles is 1. The van der Waals surface area contributed by atoms with Crippen molar-refractivity contribution in [3.05, 3.63) is 68.3 Å². The number of carbonyl (C=O) groups is 1. The molecule has 2 aromatic rings. The van der Waals surface area contributed by atoms with Gasteiger partial charge in [-0.1, -0.05) is 46.4 Å². The zero-order chi connectivity index (χ0) is 17.7. The van der Waals surface area contributed by atoms with Crippen molar-refractivity contribution in [2.45, 2.75) is 0 Å². The van der Waals surface area contributed by atoms with Gasteiger partial charge in [0.15, 0.2) is 0 Å². The van der Waals surface area contributed by atoms with E-state index in [1.165, 1.54) is 12.3 Å². The maximum Gasteiger partial charge on any atom is 0.267 e. The number of carbonyl (C=O) groups excluding carboxylic acids is 1. The summed E-state index contributed by atoms with van der Waals surface area (Å²) in [5.41, 5.74) is 0.690. The highest BCUT2D eigenvalue weighted by Crippen LogP contribution is 2.27. The number of amides is 1. The molecule has 8 heteroatoms. The number of hydrogen-bond donors (Lipinski definition) is 2. The van der Waals surface area contributed by atoms with Gasteiger partial charge in [0.1, 0.15) is 11.6 Å². The first-order chi connectivity index (χ1) is 11.4. The van der Waals surface area contributed by atoms with E-state index < -0.39 is 5.91 Å². The largest absolute Gasteiger partial charge is 0.359 e. The lowest BCUT2D eigenvalue weighted by Crippen LogP contribution is -2.14. The molecule has 24 heavy (non-hydrogen) atoms. The molecule has 1 amide bonds. The Bertz CT molecular complexity index is 859. The van der Waals surface area contributed by atoms with Gasteiger partial charge in [0.05, 0.1) is 21.4 Å². The van der Waals surface area contributed by atoms with Crippen LogP contribution in [0.25, 0.3) is 0 Å². The van der Waals surface area contributed by atoms with Crippen LogP contribution in [0.4, 0.5) is 11.4 Å². The number of rotatable bonds is 4. The Balaban J connectivity index is 2.15.